The maximum absolute atomic E-state index is 11.1. The molecule has 32 heavy (non-hydrogen) atoms. The number of rotatable bonds is 7. The number of hydrogen-bond acceptors (Lipinski definition) is 2. The molecule has 0 fully saturated rings. The van der Waals surface area contributed by atoms with Crippen LogP contribution in [-0.2, 0) is 27.0 Å². The topological polar surface area (TPSA) is 49.4 Å². The molecule has 0 heterocycles. The Hall–Kier alpha value is -2.35. The minimum Gasteiger partial charge on any atom is -0.0622 e. The average molecular weight is 536 g/mol. The smallest absolute Gasteiger partial charge is 0.0134 e. The Kier molecular flexibility index (Phi) is 11.3. The molecule has 0 bridgehead atoms. The fourth-order valence-corrected chi connectivity index (χ4v) is 6.61. The van der Waals surface area contributed by atoms with Crippen LogP contribution >= 0.6 is 7.92 Å². The van der Waals surface area contributed by atoms with Crippen LogP contribution in [0.15, 0.2) is 91.0 Å². The van der Waals surface area contributed by atoms with Crippen molar-refractivity contribution in [3.63, 3.8) is 0 Å². The van der Waals surface area contributed by atoms with Crippen molar-refractivity contribution >= 4 is 35.6 Å². The fraction of sp³-hybridized carbons (Fsp3) is 0.231. The molecule has 4 nitrogen and oxygen atoms in total. The second-order valence-electron chi connectivity index (χ2n) is 7.49. The van der Waals surface area contributed by atoms with Crippen LogP contribution in [0.5, 0.6) is 0 Å². The van der Waals surface area contributed by atoms with Crippen LogP contribution in [0.2, 0.25) is 5.02 Å². The molecule has 0 atom stereocenters. The number of nitrogens with zero attached hydrogens (tertiary/aromatic N) is 1. The van der Waals surface area contributed by atoms with Gasteiger partial charge in [0, 0.05) is 0 Å². The minimum atomic E-state index is -0.446. The predicted octanol–water partition coefficient (Wildman–Crippen LogP) is 3.71. The Bertz CT molecular complexity index is 837. The Balaban J connectivity index is 0.000000247. The maximum Gasteiger partial charge on any atom is -0.0134 e. The molecule has 0 saturated heterocycles. The van der Waals surface area contributed by atoms with E-state index in [2.05, 4.69) is 95.1 Å². The van der Waals surface area contributed by atoms with E-state index in [1.165, 1.54) is 20.8 Å². The quantitative estimate of drug-likeness (QED) is 0.371. The molecule has 0 spiro atoms. The molecule has 0 radical (unpaired) electrons. The van der Waals surface area contributed by atoms with Gasteiger partial charge in [0.1, 0.15) is 0 Å². The number of amides is 2. The van der Waals surface area contributed by atoms with Crippen molar-refractivity contribution in [2.45, 2.75) is 18.9 Å². The van der Waals surface area contributed by atoms with Crippen LogP contribution in [0.25, 0.3) is 0 Å². The normalized spacial score (nSPS) is 10.4. The molecule has 170 valence electrons. The van der Waals surface area contributed by atoms with Crippen LogP contribution in [0.4, 0.5) is 0 Å². The van der Waals surface area contributed by atoms with Crippen molar-refractivity contribution < 1.29 is 27.0 Å². The first-order valence-corrected chi connectivity index (χ1v) is 13.8. The molecule has 0 aliphatic rings. The first-order chi connectivity index (χ1) is 15.4. The molecule has 0 unspecified atom stereocenters. The molecule has 0 aromatic heterocycles. The molecular formula is C26H31N2O2PRu. The van der Waals surface area contributed by atoms with Crippen molar-refractivity contribution in [3.05, 3.63) is 91.0 Å². The predicted molar refractivity (Wildman–Crippen MR) is 132 cm³/mol. The van der Waals surface area contributed by atoms with E-state index in [9.17, 15) is 9.59 Å². The molecule has 3 rings (SSSR count). The van der Waals surface area contributed by atoms with Crippen molar-refractivity contribution in [2.75, 3.05) is 14.1 Å². The van der Waals surface area contributed by atoms with Gasteiger partial charge in [-0.25, -0.2) is 0 Å². The molecular weight excluding hydrogens is 504 g/mol. The summed E-state index contributed by atoms with van der Waals surface area (Å²) >= 11 is -0.343. The third-order valence-corrected chi connectivity index (χ3v) is 8.40. The van der Waals surface area contributed by atoms with E-state index >= 15 is 0 Å². The van der Waals surface area contributed by atoms with E-state index < -0.39 is 7.92 Å². The van der Waals surface area contributed by atoms with Gasteiger partial charge >= 0.3 is 86.6 Å². The first kappa shape index (κ1) is 25.9. The van der Waals surface area contributed by atoms with Gasteiger partial charge in [0.05, 0.1) is 0 Å². The molecule has 2 amide bonds. The van der Waals surface area contributed by atoms with Gasteiger partial charge in [-0.1, -0.05) is 91.0 Å². The summed E-state index contributed by atoms with van der Waals surface area (Å²) in [5.41, 5.74) is 0. The van der Waals surface area contributed by atoms with E-state index in [1.807, 2.05) is 13.8 Å². The molecule has 0 aliphatic carbocycles. The Morgan fingerprint density at radius 3 is 1.47 bits per heavy atom. The van der Waals surface area contributed by atoms with Crippen LogP contribution in [0, 0.1) is 5.92 Å². The van der Waals surface area contributed by atoms with Crippen LogP contribution in [0.3, 0.4) is 0 Å². The molecule has 6 heteroatoms. The zero-order valence-electron chi connectivity index (χ0n) is 19.0. The third-order valence-electron chi connectivity index (χ3n) is 4.39. The standard InChI is InChI=1S/C18H15P.C4H8NO.C4H9NO.Ru/c1-4-10-16(11-5-1)19(17-12-6-2-7-13-17)18-14-8-3-9-15-18;1-4(6)5(2)3;1-3(2)4(5)6;/h1-15H;1H2,2-3H3;3H,1-2H3,(H2,5,6);/q;;;+1/p-1. The Labute approximate surface area is 201 Å². The Morgan fingerprint density at radius 2 is 1.16 bits per heavy atom. The molecule has 3 aromatic rings. The summed E-state index contributed by atoms with van der Waals surface area (Å²) in [5, 5.41) is 4.65. The van der Waals surface area contributed by atoms with Gasteiger partial charge in [-0.05, 0) is 23.8 Å². The maximum atomic E-state index is 11.1. The van der Waals surface area contributed by atoms with Gasteiger partial charge in [0.25, 0.3) is 0 Å². The zero-order valence-corrected chi connectivity index (χ0v) is 21.6. The van der Waals surface area contributed by atoms with E-state index in [0.29, 0.717) is 5.02 Å². The van der Waals surface area contributed by atoms with Gasteiger partial charge in [0.15, 0.2) is 0 Å². The second kappa shape index (κ2) is 13.9. The summed E-state index contributed by atoms with van der Waals surface area (Å²) in [6, 6.07) is 32.3. The van der Waals surface area contributed by atoms with E-state index in [1.54, 1.807) is 14.1 Å². The van der Waals surface area contributed by atoms with Gasteiger partial charge in [-0.3, -0.25) is 0 Å². The first-order valence-electron chi connectivity index (χ1n) is 10.4. The summed E-state index contributed by atoms with van der Waals surface area (Å²) < 4.78 is 2.77. The van der Waals surface area contributed by atoms with E-state index in [0.717, 1.165) is 0 Å². The number of carbonyl (C=O) groups excluding carboxylic acids is 2. The van der Waals surface area contributed by atoms with Crippen molar-refractivity contribution in [3.8, 4) is 0 Å². The number of benzene rings is 3. The zero-order chi connectivity index (χ0) is 23.3. The van der Waals surface area contributed by atoms with Crippen LogP contribution in [-0.4, -0.2) is 30.8 Å². The summed E-state index contributed by atoms with van der Waals surface area (Å²) in [6.07, 6.45) is 0. The minimum absolute atomic E-state index is 0.00348. The molecule has 0 aliphatic heterocycles. The van der Waals surface area contributed by atoms with Gasteiger partial charge < -0.3 is 0 Å². The number of nitrogens with one attached hydrogen (secondary N) is 1. The van der Waals surface area contributed by atoms with Crippen molar-refractivity contribution in [1.29, 1.82) is 0 Å². The fourth-order valence-electron chi connectivity index (χ4n) is 2.54. The van der Waals surface area contributed by atoms with Crippen molar-refractivity contribution in [2.24, 2.45) is 5.92 Å². The van der Waals surface area contributed by atoms with Crippen molar-refractivity contribution in [1.82, 2.24) is 8.96 Å². The molecule has 3 aromatic carbocycles. The van der Waals surface area contributed by atoms with Gasteiger partial charge in [-0.15, -0.1) is 0 Å². The molecule has 0 saturated carbocycles. The van der Waals surface area contributed by atoms with E-state index in [-0.39, 0.29) is 35.1 Å². The second-order valence-corrected chi connectivity index (χ2v) is 11.4. The van der Waals surface area contributed by atoms with Crippen LogP contribution < -0.4 is 20.0 Å². The van der Waals surface area contributed by atoms with Crippen LogP contribution in [0.1, 0.15) is 13.8 Å². The average Bonchev–Trinajstić information content (AvgIpc) is 2.81. The summed E-state index contributed by atoms with van der Waals surface area (Å²) in [4.78, 5) is 23.7. The monoisotopic (exact) mass is 536 g/mol. The SMILES string of the molecule is CC(C)C(=O)[NH][Ru][CH2]C(=O)N(C)C.c1ccc(P(c2ccccc2)c2ccccc2)cc1. The number of carbonyl (C=O) groups is 2. The van der Waals surface area contributed by atoms with Gasteiger partial charge in [-0.2, -0.15) is 0 Å². The summed E-state index contributed by atoms with van der Waals surface area (Å²) in [7, 11) is 2.98. The number of hydrogen-bond donors (Lipinski definition) is 1. The summed E-state index contributed by atoms with van der Waals surface area (Å²) in [5.74, 6) is 0.107. The van der Waals surface area contributed by atoms with Gasteiger partial charge in [0.2, 0.25) is 0 Å². The Morgan fingerprint density at radius 1 is 0.781 bits per heavy atom. The third kappa shape index (κ3) is 8.65. The van der Waals surface area contributed by atoms with E-state index in [4.69, 9.17) is 0 Å². The summed E-state index contributed by atoms with van der Waals surface area (Å²) in [6.45, 7) is 3.67. The molecule has 1 N–H and O–H groups in total. The largest absolute Gasteiger partial charge is 0.0622 e.